The number of hydrogen-bond acceptors (Lipinski definition) is 1. The summed E-state index contributed by atoms with van der Waals surface area (Å²) < 4.78 is 0. The maximum Gasteiger partial charge on any atom is 0.0931 e. The molecule has 0 fully saturated rings. The van der Waals surface area contributed by atoms with E-state index in [-0.39, 0.29) is 5.54 Å². The number of unbranched alkanes of at least 4 members (excludes halogenated alkanes) is 1. The van der Waals surface area contributed by atoms with Gasteiger partial charge in [0.25, 0.3) is 0 Å². The van der Waals surface area contributed by atoms with E-state index >= 15 is 0 Å². The molecular formula is C29H35N. The Labute approximate surface area is 183 Å². The van der Waals surface area contributed by atoms with Crippen molar-refractivity contribution in [1.82, 2.24) is 0 Å². The maximum absolute atomic E-state index is 5.15. The summed E-state index contributed by atoms with van der Waals surface area (Å²) in [6.07, 6.45) is 31.2. The van der Waals surface area contributed by atoms with Crippen LogP contribution >= 0.6 is 0 Å². The maximum atomic E-state index is 5.15. The summed E-state index contributed by atoms with van der Waals surface area (Å²) in [7, 11) is 0. The molecule has 0 N–H and O–H groups in total. The van der Waals surface area contributed by atoms with Gasteiger partial charge in [-0.1, -0.05) is 111 Å². The van der Waals surface area contributed by atoms with Crippen LogP contribution in [0.5, 0.6) is 0 Å². The first-order valence-corrected chi connectivity index (χ1v) is 10.9. The normalized spacial score (nSPS) is 22.2. The Morgan fingerprint density at radius 2 is 1.90 bits per heavy atom. The minimum atomic E-state index is -0.373. The Morgan fingerprint density at radius 3 is 2.70 bits per heavy atom. The van der Waals surface area contributed by atoms with Crippen molar-refractivity contribution in [2.75, 3.05) is 0 Å². The van der Waals surface area contributed by atoms with Crippen molar-refractivity contribution in [3.05, 3.63) is 114 Å². The summed E-state index contributed by atoms with van der Waals surface area (Å²) in [6.45, 7) is 10.7. The SMILES string of the molecule is C=C1/C=C\C=C/CC(C/C=C/C=C\C)(/N=C/C=C\C=C\CCC)c2cc(C)ccc21. The van der Waals surface area contributed by atoms with Crippen molar-refractivity contribution in [1.29, 1.82) is 0 Å². The predicted octanol–water partition coefficient (Wildman–Crippen LogP) is 8.23. The molecule has 1 unspecified atom stereocenters. The van der Waals surface area contributed by atoms with Gasteiger partial charge in [0.2, 0.25) is 0 Å². The molecule has 0 radical (unpaired) electrons. The van der Waals surface area contributed by atoms with Crippen molar-refractivity contribution in [2.24, 2.45) is 4.99 Å². The molecule has 0 aliphatic heterocycles. The van der Waals surface area contributed by atoms with Gasteiger partial charge in [-0.05, 0) is 55.9 Å². The van der Waals surface area contributed by atoms with Crippen LogP contribution in [0, 0.1) is 6.92 Å². The summed E-state index contributed by atoms with van der Waals surface area (Å²) in [4.78, 5) is 5.15. The third kappa shape index (κ3) is 6.84. The number of fused-ring (bicyclic) bond motifs is 1. The van der Waals surface area contributed by atoms with E-state index in [0.29, 0.717) is 0 Å². The van der Waals surface area contributed by atoms with Crippen LogP contribution < -0.4 is 0 Å². The molecule has 0 bridgehead atoms. The van der Waals surface area contributed by atoms with Gasteiger partial charge in [0, 0.05) is 6.21 Å². The fourth-order valence-corrected chi connectivity index (χ4v) is 3.50. The molecular weight excluding hydrogens is 362 g/mol. The van der Waals surface area contributed by atoms with Crippen molar-refractivity contribution >= 4 is 11.8 Å². The Kier molecular flexibility index (Phi) is 9.80. The fourth-order valence-electron chi connectivity index (χ4n) is 3.50. The highest BCUT2D eigenvalue weighted by molar-refractivity contribution is 5.77. The molecule has 30 heavy (non-hydrogen) atoms. The van der Waals surface area contributed by atoms with Crippen molar-refractivity contribution in [3.63, 3.8) is 0 Å². The van der Waals surface area contributed by atoms with E-state index in [0.717, 1.165) is 24.8 Å². The molecule has 2 rings (SSSR count). The zero-order valence-electron chi connectivity index (χ0n) is 18.7. The largest absolute Gasteiger partial charge is 0.281 e. The van der Waals surface area contributed by atoms with Gasteiger partial charge >= 0.3 is 0 Å². The van der Waals surface area contributed by atoms with E-state index in [1.165, 1.54) is 23.1 Å². The van der Waals surface area contributed by atoms with E-state index in [1.807, 2.05) is 25.3 Å². The third-order valence-corrected chi connectivity index (χ3v) is 5.14. The minimum absolute atomic E-state index is 0.373. The Bertz CT molecular complexity index is 902. The topological polar surface area (TPSA) is 12.4 Å². The van der Waals surface area contributed by atoms with Crippen LogP contribution in [-0.2, 0) is 5.54 Å². The molecule has 1 aromatic carbocycles. The second kappa shape index (κ2) is 12.6. The number of aliphatic imine (C=N–C) groups is 1. The molecule has 0 saturated heterocycles. The molecule has 0 spiro atoms. The van der Waals surface area contributed by atoms with Crippen LogP contribution in [0.1, 0.15) is 56.2 Å². The second-order valence-electron chi connectivity index (χ2n) is 7.64. The first kappa shape index (κ1) is 23.3. The molecule has 0 aromatic heterocycles. The number of nitrogens with zero attached hydrogens (tertiary/aromatic N) is 1. The molecule has 1 aliphatic carbocycles. The minimum Gasteiger partial charge on any atom is -0.281 e. The summed E-state index contributed by atoms with van der Waals surface area (Å²) in [5, 5.41) is 0. The average Bonchev–Trinajstić information content (AvgIpc) is 2.80. The van der Waals surface area contributed by atoms with Crippen LogP contribution in [0.2, 0.25) is 0 Å². The third-order valence-electron chi connectivity index (χ3n) is 5.14. The van der Waals surface area contributed by atoms with Gasteiger partial charge in [-0.15, -0.1) is 0 Å². The van der Waals surface area contributed by atoms with Gasteiger partial charge in [-0.2, -0.15) is 0 Å². The van der Waals surface area contributed by atoms with Gasteiger partial charge < -0.3 is 0 Å². The van der Waals surface area contributed by atoms with Crippen LogP contribution in [0.3, 0.4) is 0 Å². The Morgan fingerprint density at radius 1 is 1.07 bits per heavy atom. The quantitative estimate of drug-likeness (QED) is 0.309. The number of aryl methyl sites for hydroxylation is 1. The van der Waals surface area contributed by atoms with Crippen LogP contribution in [0.4, 0.5) is 0 Å². The summed E-state index contributed by atoms with van der Waals surface area (Å²) in [5.74, 6) is 0. The highest BCUT2D eigenvalue weighted by Gasteiger charge is 2.31. The van der Waals surface area contributed by atoms with Crippen LogP contribution in [0.25, 0.3) is 5.57 Å². The molecule has 1 aliphatic rings. The van der Waals surface area contributed by atoms with Gasteiger partial charge in [0.1, 0.15) is 0 Å². The monoisotopic (exact) mass is 397 g/mol. The van der Waals surface area contributed by atoms with Crippen LogP contribution in [-0.4, -0.2) is 6.21 Å². The highest BCUT2D eigenvalue weighted by Crippen LogP contribution is 2.40. The van der Waals surface area contributed by atoms with Crippen molar-refractivity contribution < 1.29 is 0 Å². The van der Waals surface area contributed by atoms with Crippen LogP contribution in [0.15, 0.2) is 103 Å². The lowest BCUT2D eigenvalue weighted by Crippen LogP contribution is -2.24. The van der Waals surface area contributed by atoms with Gasteiger partial charge in [0.05, 0.1) is 5.54 Å². The van der Waals surface area contributed by atoms with E-state index in [1.54, 1.807) is 0 Å². The van der Waals surface area contributed by atoms with Gasteiger partial charge in [-0.25, -0.2) is 0 Å². The lowest BCUT2D eigenvalue weighted by molar-refractivity contribution is 0.461. The van der Waals surface area contributed by atoms with Crippen molar-refractivity contribution in [3.8, 4) is 0 Å². The number of hydrogen-bond donors (Lipinski definition) is 0. The van der Waals surface area contributed by atoms with E-state index in [4.69, 9.17) is 4.99 Å². The molecule has 1 aromatic rings. The number of rotatable bonds is 8. The lowest BCUT2D eigenvalue weighted by Gasteiger charge is -2.31. The molecule has 0 saturated carbocycles. The van der Waals surface area contributed by atoms with E-state index < -0.39 is 0 Å². The molecule has 1 atom stereocenters. The molecule has 0 heterocycles. The number of benzene rings is 1. The van der Waals surface area contributed by atoms with E-state index in [2.05, 4.69) is 99.4 Å². The molecule has 156 valence electrons. The predicted molar refractivity (Wildman–Crippen MR) is 135 cm³/mol. The average molecular weight is 398 g/mol. The standard InChI is InChI=1S/C29H35N/c1-5-7-9-11-12-17-23-30-29(21-15-10-8-6-2)22-16-13-14-18-26(4)27-20-19-25(3)24-28(27)29/h6,8-20,23-24H,4-5,7,21-22H2,1-3H3/b8-6-,11-9+,15-10+,16-13-,17-12-,18-14-,30-23+. The van der Waals surface area contributed by atoms with Gasteiger partial charge in [0.15, 0.2) is 0 Å². The molecule has 1 nitrogen and oxygen atoms in total. The fraction of sp³-hybridized carbons (Fsp3) is 0.276. The Balaban J connectivity index is 2.53. The first-order valence-electron chi connectivity index (χ1n) is 10.9. The van der Waals surface area contributed by atoms with Crippen molar-refractivity contribution in [2.45, 2.75) is 52.0 Å². The zero-order valence-corrected chi connectivity index (χ0v) is 18.7. The van der Waals surface area contributed by atoms with Gasteiger partial charge in [-0.3, -0.25) is 4.99 Å². The summed E-state index contributed by atoms with van der Waals surface area (Å²) >= 11 is 0. The first-order chi connectivity index (χ1) is 14.6. The van der Waals surface area contributed by atoms with E-state index in [9.17, 15) is 0 Å². The smallest absolute Gasteiger partial charge is 0.0931 e. The molecule has 1 heteroatoms. The highest BCUT2D eigenvalue weighted by atomic mass is 14.9. The zero-order chi connectivity index (χ0) is 21.7. The Hall–Kier alpha value is -2.93. The lowest BCUT2D eigenvalue weighted by atomic mass is 9.79. The summed E-state index contributed by atoms with van der Waals surface area (Å²) in [5.41, 5.74) is 4.29. The molecule has 0 amide bonds. The summed E-state index contributed by atoms with van der Waals surface area (Å²) in [6, 6.07) is 6.62. The second-order valence-corrected chi connectivity index (χ2v) is 7.64. The number of allylic oxidation sites excluding steroid dienone is 11.